The highest BCUT2D eigenvalue weighted by molar-refractivity contribution is 7.92. The molecule has 9 heteroatoms. The molecule has 0 bridgehead atoms. The van der Waals surface area contributed by atoms with Gasteiger partial charge in [0.15, 0.2) is 5.82 Å². The Morgan fingerprint density at radius 1 is 1.23 bits per heavy atom. The minimum absolute atomic E-state index is 0.00206. The first-order valence-corrected chi connectivity index (χ1v) is 7.86. The maximum Gasteiger partial charge on any atom is 0.263 e. The summed E-state index contributed by atoms with van der Waals surface area (Å²) < 4.78 is 37.4. The molecule has 1 aromatic carbocycles. The Labute approximate surface area is 128 Å². The van der Waals surface area contributed by atoms with E-state index in [0.29, 0.717) is 12.3 Å². The number of nitrogens with zero attached hydrogens (tertiary/aromatic N) is 2. The Balaban J connectivity index is 2.37. The Morgan fingerprint density at radius 2 is 1.91 bits per heavy atom. The molecule has 0 unspecified atom stereocenters. The fraction of sp³-hybridized carbons (Fsp3) is 0.231. The van der Waals surface area contributed by atoms with Crippen molar-refractivity contribution < 1.29 is 17.9 Å². The van der Waals surface area contributed by atoms with E-state index >= 15 is 0 Å². The molecule has 0 radical (unpaired) electrons. The quantitative estimate of drug-likeness (QED) is 0.768. The minimum Gasteiger partial charge on any atom is -0.489 e. The number of aromatic nitrogens is 2. The number of benzene rings is 1. The first kappa shape index (κ1) is 15.8. The summed E-state index contributed by atoms with van der Waals surface area (Å²) in [5.41, 5.74) is 6.02. The average molecular weight is 324 g/mol. The van der Waals surface area contributed by atoms with Crippen molar-refractivity contribution in [2.45, 2.75) is 11.8 Å². The molecule has 1 heterocycles. The van der Waals surface area contributed by atoms with Crippen molar-refractivity contribution in [1.82, 2.24) is 9.97 Å². The third-order valence-electron chi connectivity index (χ3n) is 2.68. The number of anilines is 2. The summed E-state index contributed by atoms with van der Waals surface area (Å²) in [6.45, 7) is 2.14. The molecule has 3 N–H and O–H groups in total. The van der Waals surface area contributed by atoms with E-state index in [1.807, 2.05) is 0 Å². The predicted molar refractivity (Wildman–Crippen MR) is 81.4 cm³/mol. The van der Waals surface area contributed by atoms with Crippen molar-refractivity contribution in [3.63, 3.8) is 0 Å². The van der Waals surface area contributed by atoms with Crippen LogP contribution in [0.25, 0.3) is 0 Å². The van der Waals surface area contributed by atoms with Gasteiger partial charge >= 0.3 is 0 Å². The Kier molecular flexibility index (Phi) is 4.66. The second-order valence-corrected chi connectivity index (χ2v) is 5.85. The van der Waals surface area contributed by atoms with Gasteiger partial charge in [-0.2, -0.15) is 4.98 Å². The number of nitrogen functional groups attached to an aromatic ring is 1. The van der Waals surface area contributed by atoms with Crippen LogP contribution in [0.2, 0.25) is 0 Å². The smallest absolute Gasteiger partial charge is 0.263 e. The number of ether oxygens (including phenoxy) is 2. The molecule has 0 saturated carbocycles. The van der Waals surface area contributed by atoms with Crippen LogP contribution in [-0.4, -0.2) is 32.1 Å². The Hall–Kier alpha value is -2.55. The molecule has 22 heavy (non-hydrogen) atoms. The minimum atomic E-state index is -3.83. The van der Waals surface area contributed by atoms with Crippen LogP contribution in [0.4, 0.5) is 11.5 Å². The van der Waals surface area contributed by atoms with Gasteiger partial charge in [-0.1, -0.05) is 0 Å². The summed E-state index contributed by atoms with van der Waals surface area (Å²) in [4.78, 5) is 7.85. The first-order chi connectivity index (χ1) is 10.5. The molecule has 0 saturated heterocycles. The fourth-order valence-corrected chi connectivity index (χ4v) is 2.70. The van der Waals surface area contributed by atoms with E-state index in [0.717, 1.165) is 0 Å². The van der Waals surface area contributed by atoms with Gasteiger partial charge in [-0.3, -0.25) is 4.72 Å². The maximum atomic E-state index is 12.3. The van der Waals surface area contributed by atoms with E-state index in [9.17, 15) is 8.42 Å². The van der Waals surface area contributed by atoms with Crippen molar-refractivity contribution >= 4 is 21.5 Å². The summed E-state index contributed by atoms with van der Waals surface area (Å²) >= 11 is 0. The van der Waals surface area contributed by atoms with E-state index < -0.39 is 10.0 Å². The summed E-state index contributed by atoms with van der Waals surface area (Å²) in [6, 6.07) is 5.79. The predicted octanol–water partition coefficient (Wildman–Crippen LogP) is 1.27. The SMILES string of the molecule is CCOc1ncnc(NS(=O)(=O)c2ccc(N)cc2)c1OC. The van der Waals surface area contributed by atoms with Crippen molar-refractivity contribution in [2.24, 2.45) is 0 Å². The Morgan fingerprint density at radius 3 is 2.50 bits per heavy atom. The van der Waals surface area contributed by atoms with Gasteiger partial charge in [0.25, 0.3) is 15.9 Å². The zero-order chi connectivity index (χ0) is 16.2. The summed E-state index contributed by atoms with van der Waals surface area (Å²) in [7, 11) is -2.45. The molecule has 8 nitrogen and oxygen atoms in total. The molecule has 0 spiro atoms. The molecule has 0 fully saturated rings. The van der Waals surface area contributed by atoms with Crippen molar-refractivity contribution in [3.8, 4) is 11.6 Å². The lowest BCUT2D eigenvalue weighted by Crippen LogP contribution is -2.15. The summed E-state index contributed by atoms with van der Waals surface area (Å²) in [6.07, 6.45) is 1.19. The van der Waals surface area contributed by atoms with E-state index in [2.05, 4.69) is 14.7 Å². The number of methoxy groups -OCH3 is 1. The highest BCUT2D eigenvalue weighted by atomic mass is 32.2. The second-order valence-electron chi connectivity index (χ2n) is 4.17. The van der Waals surface area contributed by atoms with E-state index in [1.165, 1.54) is 37.7 Å². The standard InChI is InChI=1S/C13H16N4O4S/c1-3-21-13-11(20-2)12(15-8-16-13)17-22(18,19)10-6-4-9(14)5-7-10/h4-8H,3,14H2,1-2H3,(H,15,16,17). The molecule has 0 amide bonds. The van der Waals surface area contributed by atoms with Crippen LogP contribution in [0.3, 0.4) is 0 Å². The molecule has 2 aromatic rings. The van der Waals surface area contributed by atoms with E-state index in [4.69, 9.17) is 15.2 Å². The normalized spacial score (nSPS) is 11.0. The third kappa shape index (κ3) is 3.37. The maximum absolute atomic E-state index is 12.3. The topological polar surface area (TPSA) is 116 Å². The van der Waals surface area contributed by atoms with E-state index in [-0.39, 0.29) is 22.3 Å². The molecular weight excluding hydrogens is 308 g/mol. The monoisotopic (exact) mass is 324 g/mol. The van der Waals surface area contributed by atoms with Gasteiger partial charge in [0.1, 0.15) is 6.33 Å². The molecule has 0 aliphatic rings. The number of nitrogens with two attached hydrogens (primary N) is 1. The van der Waals surface area contributed by atoms with Gasteiger partial charge in [0, 0.05) is 5.69 Å². The third-order valence-corrected chi connectivity index (χ3v) is 4.03. The average Bonchev–Trinajstić information content (AvgIpc) is 2.48. The highest BCUT2D eigenvalue weighted by Crippen LogP contribution is 2.32. The molecule has 2 rings (SSSR count). The largest absolute Gasteiger partial charge is 0.489 e. The number of rotatable bonds is 6. The van der Waals surface area contributed by atoms with Gasteiger partial charge in [0.2, 0.25) is 5.75 Å². The zero-order valence-electron chi connectivity index (χ0n) is 12.1. The van der Waals surface area contributed by atoms with Crippen molar-refractivity contribution in [3.05, 3.63) is 30.6 Å². The lowest BCUT2D eigenvalue weighted by Gasteiger charge is -2.13. The number of hydrogen-bond acceptors (Lipinski definition) is 7. The molecule has 118 valence electrons. The van der Waals surface area contributed by atoms with Gasteiger partial charge in [0.05, 0.1) is 18.6 Å². The van der Waals surface area contributed by atoms with Crippen LogP contribution in [0.5, 0.6) is 11.6 Å². The van der Waals surface area contributed by atoms with Crippen LogP contribution in [0, 0.1) is 0 Å². The van der Waals surface area contributed by atoms with Gasteiger partial charge in [-0.15, -0.1) is 0 Å². The lowest BCUT2D eigenvalue weighted by atomic mass is 10.3. The van der Waals surface area contributed by atoms with Crippen LogP contribution >= 0.6 is 0 Å². The van der Waals surface area contributed by atoms with Crippen LogP contribution in [0.1, 0.15) is 6.92 Å². The lowest BCUT2D eigenvalue weighted by molar-refractivity contribution is 0.298. The van der Waals surface area contributed by atoms with Crippen LogP contribution in [0.15, 0.2) is 35.5 Å². The summed E-state index contributed by atoms with van der Waals surface area (Å²) in [5, 5.41) is 0. The number of sulfonamides is 1. The highest BCUT2D eigenvalue weighted by Gasteiger charge is 2.20. The van der Waals surface area contributed by atoms with Crippen LogP contribution < -0.4 is 19.9 Å². The number of nitrogens with one attached hydrogen (secondary N) is 1. The van der Waals surface area contributed by atoms with Crippen molar-refractivity contribution in [2.75, 3.05) is 24.2 Å². The number of hydrogen-bond donors (Lipinski definition) is 2. The Bertz CT molecular complexity index is 747. The van der Waals surface area contributed by atoms with Gasteiger partial charge < -0.3 is 15.2 Å². The molecular formula is C13H16N4O4S. The molecule has 0 atom stereocenters. The van der Waals surface area contributed by atoms with Gasteiger partial charge in [-0.25, -0.2) is 13.4 Å². The first-order valence-electron chi connectivity index (χ1n) is 6.38. The molecule has 1 aromatic heterocycles. The van der Waals surface area contributed by atoms with Crippen molar-refractivity contribution in [1.29, 1.82) is 0 Å². The zero-order valence-corrected chi connectivity index (χ0v) is 12.9. The summed E-state index contributed by atoms with van der Waals surface area (Å²) in [5.74, 6) is 0.274. The van der Waals surface area contributed by atoms with E-state index in [1.54, 1.807) is 6.92 Å². The van der Waals surface area contributed by atoms with Gasteiger partial charge in [-0.05, 0) is 31.2 Å². The molecule has 0 aliphatic carbocycles. The van der Waals surface area contributed by atoms with Crippen LogP contribution in [-0.2, 0) is 10.0 Å². The second kappa shape index (κ2) is 6.48. The fourth-order valence-electron chi connectivity index (χ4n) is 1.69. The molecule has 0 aliphatic heterocycles.